The average molecular weight is 198 g/mol. The first-order valence-electron chi connectivity index (χ1n) is 6.20. The van der Waals surface area contributed by atoms with Crippen LogP contribution < -0.4 is 5.73 Å². The summed E-state index contributed by atoms with van der Waals surface area (Å²) in [6.07, 6.45) is 6.31. The summed E-state index contributed by atoms with van der Waals surface area (Å²) in [4.78, 5) is 2.66. The standard InChI is InChI=1S/C12H26N2/c1-4-10(3)14(5-2)12-8-6-11(13)7-9-12/h10-12H,4-9,13H2,1-3H3. The number of hydrogen-bond donors (Lipinski definition) is 1. The van der Waals surface area contributed by atoms with Gasteiger partial charge in [0.05, 0.1) is 0 Å². The molecule has 0 aliphatic heterocycles. The topological polar surface area (TPSA) is 29.3 Å². The lowest BCUT2D eigenvalue weighted by Crippen LogP contribution is -2.45. The molecule has 1 aliphatic carbocycles. The fourth-order valence-electron chi connectivity index (χ4n) is 2.60. The Morgan fingerprint density at radius 3 is 2.21 bits per heavy atom. The zero-order valence-electron chi connectivity index (χ0n) is 10.00. The molecular weight excluding hydrogens is 172 g/mol. The summed E-state index contributed by atoms with van der Waals surface area (Å²) in [5.41, 5.74) is 5.93. The second-order valence-corrected chi connectivity index (χ2v) is 4.66. The molecule has 0 aromatic rings. The van der Waals surface area contributed by atoms with Gasteiger partial charge in [-0.1, -0.05) is 13.8 Å². The van der Waals surface area contributed by atoms with Crippen LogP contribution in [0, 0.1) is 0 Å². The van der Waals surface area contributed by atoms with Crippen molar-refractivity contribution >= 4 is 0 Å². The van der Waals surface area contributed by atoms with Crippen molar-refractivity contribution < 1.29 is 0 Å². The van der Waals surface area contributed by atoms with Gasteiger partial charge in [0, 0.05) is 18.1 Å². The first-order chi connectivity index (χ1) is 6.69. The van der Waals surface area contributed by atoms with Crippen LogP contribution in [-0.4, -0.2) is 29.6 Å². The molecule has 0 bridgehead atoms. The van der Waals surface area contributed by atoms with Crippen molar-refractivity contribution in [1.29, 1.82) is 0 Å². The van der Waals surface area contributed by atoms with E-state index in [2.05, 4.69) is 25.7 Å². The van der Waals surface area contributed by atoms with Crippen molar-refractivity contribution in [2.24, 2.45) is 5.73 Å². The highest BCUT2D eigenvalue weighted by Crippen LogP contribution is 2.24. The van der Waals surface area contributed by atoms with E-state index in [0.717, 1.165) is 12.1 Å². The molecule has 1 unspecified atom stereocenters. The third-order valence-corrected chi connectivity index (χ3v) is 3.73. The zero-order chi connectivity index (χ0) is 10.6. The Hall–Kier alpha value is -0.0800. The van der Waals surface area contributed by atoms with Crippen LogP contribution in [0.2, 0.25) is 0 Å². The number of hydrogen-bond acceptors (Lipinski definition) is 2. The minimum absolute atomic E-state index is 0.474. The second-order valence-electron chi connectivity index (χ2n) is 4.66. The molecule has 0 aromatic heterocycles. The van der Waals surface area contributed by atoms with E-state index in [1.165, 1.54) is 38.6 Å². The Balaban J connectivity index is 2.44. The van der Waals surface area contributed by atoms with Crippen molar-refractivity contribution in [2.75, 3.05) is 6.54 Å². The monoisotopic (exact) mass is 198 g/mol. The lowest BCUT2D eigenvalue weighted by atomic mass is 9.90. The van der Waals surface area contributed by atoms with Gasteiger partial charge in [-0.25, -0.2) is 0 Å². The van der Waals surface area contributed by atoms with Gasteiger partial charge >= 0.3 is 0 Å². The van der Waals surface area contributed by atoms with Gasteiger partial charge in [-0.2, -0.15) is 0 Å². The first kappa shape index (κ1) is 12.0. The van der Waals surface area contributed by atoms with Gasteiger partial charge in [0.1, 0.15) is 0 Å². The summed E-state index contributed by atoms with van der Waals surface area (Å²) in [6.45, 7) is 8.09. The molecule has 0 heterocycles. The maximum Gasteiger partial charge on any atom is 0.00991 e. The molecule has 1 fully saturated rings. The van der Waals surface area contributed by atoms with E-state index in [9.17, 15) is 0 Å². The molecule has 0 saturated heterocycles. The highest BCUT2D eigenvalue weighted by Gasteiger charge is 2.25. The van der Waals surface area contributed by atoms with Crippen LogP contribution in [0.4, 0.5) is 0 Å². The highest BCUT2D eigenvalue weighted by molar-refractivity contribution is 4.82. The van der Waals surface area contributed by atoms with Crippen LogP contribution in [0.3, 0.4) is 0 Å². The fraction of sp³-hybridized carbons (Fsp3) is 1.00. The normalized spacial score (nSPS) is 30.6. The quantitative estimate of drug-likeness (QED) is 0.751. The summed E-state index contributed by atoms with van der Waals surface area (Å²) < 4.78 is 0. The van der Waals surface area contributed by atoms with E-state index in [4.69, 9.17) is 5.73 Å². The number of nitrogens with two attached hydrogens (primary N) is 1. The van der Waals surface area contributed by atoms with Gasteiger partial charge in [-0.15, -0.1) is 0 Å². The van der Waals surface area contributed by atoms with Crippen molar-refractivity contribution in [3.05, 3.63) is 0 Å². The SMILES string of the molecule is CCC(C)N(CC)C1CCC(N)CC1. The van der Waals surface area contributed by atoms with Crippen LogP contribution in [-0.2, 0) is 0 Å². The molecular formula is C12H26N2. The van der Waals surface area contributed by atoms with Crippen LogP contribution in [0.1, 0.15) is 52.9 Å². The Labute approximate surface area is 88.8 Å². The molecule has 1 aliphatic rings. The van der Waals surface area contributed by atoms with Gasteiger partial charge in [0.2, 0.25) is 0 Å². The van der Waals surface area contributed by atoms with E-state index in [1.54, 1.807) is 0 Å². The van der Waals surface area contributed by atoms with Crippen molar-refractivity contribution in [1.82, 2.24) is 4.90 Å². The van der Waals surface area contributed by atoms with Gasteiger partial charge in [-0.05, 0) is 45.6 Å². The molecule has 1 rings (SSSR count). The molecule has 14 heavy (non-hydrogen) atoms. The van der Waals surface area contributed by atoms with Gasteiger partial charge in [0.25, 0.3) is 0 Å². The van der Waals surface area contributed by atoms with Gasteiger partial charge < -0.3 is 5.73 Å². The fourth-order valence-corrected chi connectivity index (χ4v) is 2.60. The summed E-state index contributed by atoms with van der Waals surface area (Å²) >= 11 is 0. The molecule has 2 N–H and O–H groups in total. The molecule has 0 radical (unpaired) electrons. The molecule has 0 amide bonds. The van der Waals surface area contributed by atoms with E-state index in [-0.39, 0.29) is 0 Å². The predicted octanol–water partition coefficient (Wildman–Crippen LogP) is 2.38. The third-order valence-electron chi connectivity index (χ3n) is 3.73. The summed E-state index contributed by atoms with van der Waals surface area (Å²) in [6, 6.07) is 2.01. The van der Waals surface area contributed by atoms with E-state index in [0.29, 0.717) is 6.04 Å². The van der Waals surface area contributed by atoms with Crippen LogP contribution in [0.25, 0.3) is 0 Å². The van der Waals surface area contributed by atoms with Gasteiger partial charge in [-0.3, -0.25) is 4.90 Å². The highest BCUT2D eigenvalue weighted by atomic mass is 15.2. The van der Waals surface area contributed by atoms with E-state index in [1.807, 2.05) is 0 Å². The smallest absolute Gasteiger partial charge is 0.00991 e. The average Bonchev–Trinajstić information content (AvgIpc) is 2.21. The zero-order valence-corrected chi connectivity index (χ0v) is 10.00. The summed E-state index contributed by atoms with van der Waals surface area (Å²) in [7, 11) is 0. The maximum atomic E-state index is 5.93. The van der Waals surface area contributed by atoms with Crippen LogP contribution in [0.15, 0.2) is 0 Å². The van der Waals surface area contributed by atoms with Gasteiger partial charge in [0.15, 0.2) is 0 Å². The Morgan fingerprint density at radius 2 is 1.79 bits per heavy atom. The molecule has 1 saturated carbocycles. The number of nitrogens with zero attached hydrogens (tertiary/aromatic N) is 1. The first-order valence-corrected chi connectivity index (χ1v) is 6.20. The molecule has 1 atom stereocenters. The summed E-state index contributed by atoms with van der Waals surface area (Å²) in [5, 5.41) is 0. The minimum atomic E-state index is 0.474. The largest absolute Gasteiger partial charge is 0.328 e. The van der Waals surface area contributed by atoms with Crippen molar-refractivity contribution in [2.45, 2.75) is 71.0 Å². The molecule has 84 valence electrons. The van der Waals surface area contributed by atoms with Crippen molar-refractivity contribution in [3.63, 3.8) is 0 Å². The lowest BCUT2D eigenvalue weighted by Gasteiger charge is -2.39. The minimum Gasteiger partial charge on any atom is -0.328 e. The Bertz CT molecular complexity index is 150. The van der Waals surface area contributed by atoms with E-state index >= 15 is 0 Å². The molecule has 2 heteroatoms. The molecule has 0 aromatic carbocycles. The molecule has 2 nitrogen and oxygen atoms in total. The van der Waals surface area contributed by atoms with E-state index < -0.39 is 0 Å². The number of rotatable bonds is 4. The Kier molecular flexibility index (Phi) is 4.90. The molecule has 0 spiro atoms. The third kappa shape index (κ3) is 2.96. The van der Waals surface area contributed by atoms with Crippen LogP contribution >= 0.6 is 0 Å². The Morgan fingerprint density at radius 1 is 1.21 bits per heavy atom. The van der Waals surface area contributed by atoms with Crippen LogP contribution in [0.5, 0.6) is 0 Å². The second kappa shape index (κ2) is 5.72. The lowest BCUT2D eigenvalue weighted by molar-refractivity contribution is 0.112. The summed E-state index contributed by atoms with van der Waals surface area (Å²) in [5.74, 6) is 0. The predicted molar refractivity (Wildman–Crippen MR) is 62.4 cm³/mol. The maximum absolute atomic E-state index is 5.93. The van der Waals surface area contributed by atoms with Crippen molar-refractivity contribution in [3.8, 4) is 0 Å².